The van der Waals surface area contributed by atoms with Gasteiger partial charge in [0, 0.05) is 5.56 Å². The number of tetrazole rings is 1. The lowest BCUT2D eigenvalue weighted by Crippen LogP contribution is -2.11. The molecule has 0 aliphatic carbocycles. The van der Waals surface area contributed by atoms with Gasteiger partial charge in [-0.25, -0.2) is 0 Å². The third kappa shape index (κ3) is 2.37. The van der Waals surface area contributed by atoms with Crippen LogP contribution >= 0.6 is 0 Å². The van der Waals surface area contributed by atoms with Crippen molar-refractivity contribution in [3.8, 4) is 17.1 Å². The summed E-state index contributed by atoms with van der Waals surface area (Å²) in [6.45, 7) is -0.335. The summed E-state index contributed by atoms with van der Waals surface area (Å²) < 4.78 is 5.03. The van der Waals surface area contributed by atoms with Gasteiger partial charge in [-0.1, -0.05) is 0 Å². The summed E-state index contributed by atoms with van der Waals surface area (Å²) in [4.78, 5) is 11.5. The Morgan fingerprint density at radius 2 is 2.33 bits per heavy atom. The molecule has 1 aromatic carbocycles. The molecule has 0 bridgehead atoms. The van der Waals surface area contributed by atoms with E-state index >= 15 is 0 Å². The molecule has 18 heavy (non-hydrogen) atoms. The average Bonchev–Trinajstić information content (AvgIpc) is 2.76. The summed E-state index contributed by atoms with van der Waals surface area (Å²) >= 11 is 0. The number of benzene rings is 1. The molecule has 94 valence electrons. The smallest absolute Gasteiger partial charge is 0.327 e. The molecule has 2 aromatic rings. The highest BCUT2D eigenvalue weighted by molar-refractivity contribution is 5.67. The number of hydrogen-bond acceptors (Lipinski definition) is 6. The number of nitrogens with two attached hydrogens (primary N) is 1. The van der Waals surface area contributed by atoms with Crippen molar-refractivity contribution in [1.82, 2.24) is 20.2 Å². The number of hydrogen-bond donors (Lipinski definition) is 2. The summed E-state index contributed by atoms with van der Waals surface area (Å²) in [6.07, 6.45) is 0. The lowest BCUT2D eigenvalue weighted by Gasteiger charge is -2.04. The van der Waals surface area contributed by atoms with E-state index in [1.165, 1.54) is 7.11 Å². The monoisotopic (exact) mass is 249 g/mol. The van der Waals surface area contributed by atoms with Crippen LogP contribution in [-0.4, -0.2) is 38.4 Å². The van der Waals surface area contributed by atoms with E-state index in [0.717, 1.165) is 4.80 Å². The quantitative estimate of drug-likeness (QED) is 0.733. The maximum atomic E-state index is 10.5. The molecule has 0 atom stereocenters. The Morgan fingerprint density at radius 1 is 1.56 bits per heavy atom. The Balaban J connectivity index is 2.28. The highest BCUT2D eigenvalue weighted by Crippen LogP contribution is 2.25. The molecule has 0 amide bonds. The highest BCUT2D eigenvalue weighted by Gasteiger charge is 2.10. The van der Waals surface area contributed by atoms with Gasteiger partial charge < -0.3 is 15.6 Å². The van der Waals surface area contributed by atoms with E-state index < -0.39 is 5.97 Å². The van der Waals surface area contributed by atoms with Gasteiger partial charge >= 0.3 is 5.97 Å². The van der Waals surface area contributed by atoms with Gasteiger partial charge in [-0.2, -0.15) is 4.80 Å². The molecule has 8 heteroatoms. The van der Waals surface area contributed by atoms with Crippen LogP contribution in [0.5, 0.6) is 5.75 Å². The van der Waals surface area contributed by atoms with Gasteiger partial charge in [-0.05, 0) is 23.4 Å². The first kappa shape index (κ1) is 11.8. The Morgan fingerprint density at radius 3 is 2.94 bits per heavy atom. The molecule has 2 rings (SSSR count). The summed E-state index contributed by atoms with van der Waals surface area (Å²) in [5.41, 5.74) is 6.85. The van der Waals surface area contributed by atoms with Gasteiger partial charge in [-0.15, -0.1) is 10.2 Å². The van der Waals surface area contributed by atoms with Crippen LogP contribution in [0, 0.1) is 0 Å². The van der Waals surface area contributed by atoms with Crippen molar-refractivity contribution in [2.75, 3.05) is 12.8 Å². The second-order valence-electron chi connectivity index (χ2n) is 3.49. The van der Waals surface area contributed by atoms with E-state index in [9.17, 15) is 4.79 Å². The van der Waals surface area contributed by atoms with Crippen molar-refractivity contribution in [2.45, 2.75) is 6.54 Å². The maximum absolute atomic E-state index is 10.5. The molecule has 1 heterocycles. The van der Waals surface area contributed by atoms with Gasteiger partial charge in [0.15, 0.2) is 6.54 Å². The second kappa shape index (κ2) is 4.70. The van der Waals surface area contributed by atoms with E-state index in [1.807, 2.05) is 0 Å². The first-order valence-electron chi connectivity index (χ1n) is 5.03. The Hall–Kier alpha value is -2.64. The van der Waals surface area contributed by atoms with Crippen LogP contribution in [0.15, 0.2) is 18.2 Å². The lowest BCUT2D eigenvalue weighted by atomic mass is 10.2. The fraction of sp³-hybridized carbons (Fsp3) is 0.200. The third-order valence-electron chi connectivity index (χ3n) is 2.22. The molecule has 0 saturated heterocycles. The number of anilines is 1. The fourth-order valence-corrected chi connectivity index (χ4v) is 1.42. The van der Waals surface area contributed by atoms with Crippen LogP contribution < -0.4 is 10.5 Å². The van der Waals surface area contributed by atoms with Crippen molar-refractivity contribution in [1.29, 1.82) is 0 Å². The zero-order valence-corrected chi connectivity index (χ0v) is 9.57. The topological polar surface area (TPSA) is 116 Å². The predicted octanol–water partition coefficient (Wildman–Crippen LogP) is 0.0155. The SMILES string of the molecule is COc1ccc(-c2nnn(CC(=O)O)n2)cc1N. The number of nitrogens with zero attached hydrogens (tertiary/aromatic N) is 4. The Bertz CT molecular complexity index is 581. The van der Waals surface area contributed by atoms with Crippen LogP contribution in [-0.2, 0) is 11.3 Å². The van der Waals surface area contributed by atoms with E-state index in [1.54, 1.807) is 18.2 Å². The van der Waals surface area contributed by atoms with Crippen molar-refractivity contribution >= 4 is 11.7 Å². The first-order chi connectivity index (χ1) is 8.60. The lowest BCUT2D eigenvalue weighted by molar-refractivity contribution is -0.138. The summed E-state index contributed by atoms with van der Waals surface area (Å²) in [6, 6.07) is 5.04. The molecule has 0 unspecified atom stereocenters. The minimum atomic E-state index is -1.03. The van der Waals surface area contributed by atoms with E-state index in [-0.39, 0.29) is 6.54 Å². The van der Waals surface area contributed by atoms with Crippen LogP contribution in [0.3, 0.4) is 0 Å². The molecular formula is C10H11N5O3. The van der Waals surface area contributed by atoms with Crippen LogP contribution in [0.1, 0.15) is 0 Å². The summed E-state index contributed by atoms with van der Waals surface area (Å²) in [5, 5.41) is 19.9. The molecule has 0 fully saturated rings. The van der Waals surface area contributed by atoms with Gasteiger partial charge in [0.05, 0.1) is 12.8 Å². The molecule has 1 aromatic heterocycles. The predicted molar refractivity (Wildman–Crippen MR) is 61.9 cm³/mol. The zero-order valence-electron chi connectivity index (χ0n) is 9.57. The molecule has 8 nitrogen and oxygen atoms in total. The van der Waals surface area contributed by atoms with E-state index in [2.05, 4.69) is 15.4 Å². The van der Waals surface area contributed by atoms with Gasteiger partial charge in [0.2, 0.25) is 5.82 Å². The van der Waals surface area contributed by atoms with Crippen molar-refractivity contribution in [3.05, 3.63) is 18.2 Å². The molecule has 0 aliphatic rings. The van der Waals surface area contributed by atoms with Crippen LogP contribution in [0.25, 0.3) is 11.4 Å². The molecule has 0 saturated carbocycles. The van der Waals surface area contributed by atoms with Gasteiger partial charge in [-0.3, -0.25) is 4.79 Å². The standard InChI is InChI=1S/C10H11N5O3/c1-18-8-3-2-6(4-7(8)11)10-12-14-15(13-10)5-9(16)17/h2-4H,5,11H2,1H3,(H,16,17). The fourth-order valence-electron chi connectivity index (χ4n) is 1.42. The minimum Gasteiger partial charge on any atom is -0.495 e. The molecular weight excluding hydrogens is 238 g/mol. The number of methoxy groups -OCH3 is 1. The number of ether oxygens (including phenoxy) is 1. The van der Waals surface area contributed by atoms with E-state index in [0.29, 0.717) is 22.8 Å². The largest absolute Gasteiger partial charge is 0.495 e. The normalized spacial score (nSPS) is 10.3. The van der Waals surface area contributed by atoms with Crippen molar-refractivity contribution < 1.29 is 14.6 Å². The minimum absolute atomic E-state index is 0.311. The third-order valence-corrected chi connectivity index (χ3v) is 2.22. The van der Waals surface area contributed by atoms with Gasteiger partial charge in [0.1, 0.15) is 5.75 Å². The Kier molecular flexibility index (Phi) is 3.09. The number of carboxylic acid groups (broad SMARTS) is 1. The number of rotatable bonds is 4. The van der Waals surface area contributed by atoms with Gasteiger partial charge in [0.25, 0.3) is 0 Å². The van der Waals surface area contributed by atoms with Crippen molar-refractivity contribution in [2.24, 2.45) is 0 Å². The number of aromatic nitrogens is 4. The zero-order chi connectivity index (χ0) is 13.1. The van der Waals surface area contributed by atoms with Crippen LogP contribution in [0.2, 0.25) is 0 Å². The summed E-state index contributed by atoms with van der Waals surface area (Å²) in [5.74, 6) is -0.171. The van der Waals surface area contributed by atoms with Crippen LogP contribution in [0.4, 0.5) is 5.69 Å². The molecule has 0 radical (unpaired) electrons. The van der Waals surface area contributed by atoms with E-state index in [4.69, 9.17) is 15.6 Å². The molecule has 0 aliphatic heterocycles. The highest BCUT2D eigenvalue weighted by atomic mass is 16.5. The number of carbonyl (C=O) groups is 1. The average molecular weight is 249 g/mol. The molecule has 3 N–H and O–H groups in total. The first-order valence-corrected chi connectivity index (χ1v) is 5.03. The van der Waals surface area contributed by atoms with Crippen molar-refractivity contribution in [3.63, 3.8) is 0 Å². The summed E-state index contributed by atoms with van der Waals surface area (Å²) in [7, 11) is 1.52. The maximum Gasteiger partial charge on any atom is 0.327 e. The second-order valence-corrected chi connectivity index (χ2v) is 3.49. The number of carboxylic acids is 1. The number of nitrogen functional groups attached to an aromatic ring is 1. The number of aliphatic carboxylic acids is 1. The molecule has 0 spiro atoms. The Labute approximate surface area is 102 Å².